The number of hydrogen-bond donors (Lipinski definition) is 0. The van der Waals surface area contributed by atoms with Gasteiger partial charge in [0.1, 0.15) is 11.6 Å². The number of rotatable bonds is 4. The second-order valence-electron chi connectivity index (χ2n) is 5.85. The summed E-state index contributed by atoms with van der Waals surface area (Å²) >= 11 is 3.51. The highest BCUT2D eigenvalue weighted by atomic mass is 79.9. The monoisotopic (exact) mass is 299 g/mol. The van der Waals surface area contributed by atoms with Gasteiger partial charge in [-0.2, -0.15) is 0 Å². The zero-order chi connectivity index (χ0) is 12.5. The third kappa shape index (κ3) is 2.56. The van der Waals surface area contributed by atoms with Gasteiger partial charge in [-0.1, -0.05) is 49.5 Å². The van der Waals surface area contributed by atoms with E-state index in [4.69, 9.17) is 0 Å². The van der Waals surface area contributed by atoms with Gasteiger partial charge in [-0.25, -0.2) is 0 Å². The number of aromatic nitrogens is 3. The summed E-state index contributed by atoms with van der Waals surface area (Å²) in [6.07, 6.45) is 5.17. The third-order valence-electron chi connectivity index (χ3n) is 3.74. The van der Waals surface area contributed by atoms with Crippen molar-refractivity contribution < 1.29 is 0 Å². The van der Waals surface area contributed by atoms with E-state index in [0.29, 0.717) is 5.92 Å². The minimum Gasteiger partial charge on any atom is -0.314 e. The smallest absolute Gasteiger partial charge is 0.143 e. The van der Waals surface area contributed by atoms with Crippen molar-refractivity contribution in [3.05, 3.63) is 11.6 Å². The summed E-state index contributed by atoms with van der Waals surface area (Å²) in [4.78, 5) is 0. The Kier molecular flexibility index (Phi) is 3.91. The lowest BCUT2D eigenvalue weighted by molar-refractivity contribution is 0.404. The number of halogens is 1. The quantitative estimate of drug-likeness (QED) is 0.794. The maximum atomic E-state index is 4.48. The third-order valence-corrected chi connectivity index (χ3v) is 4.24. The summed E-state index contributed by atoms with van der Waals surface area (Å²) < 4.78 is 2.34. The Labute approximate surface area is 112 Å². The van der Waals surface area contributed by atoms with E-state index in [1.165, 1.54) is 31.5 Å². The van der Waals surface area contributed by atoms with Crippen LogP contribution >= 0.6 is 15.9 Å². The van der Waals surface area contributed by atoms with Gasteiger partial charge in [-0.3, -0.25) is 0 Å². The van der Waals surface area contributed by atoms with Crippen molar-refractivity contribution in [1.82, 2.24) is 14.8 Å². The fourth-order valence-electron chi connectivity index (χ4n) is 2.82. The molecule has 1 fully saturated rings. The van der Waals surface area contributed by atoms with Crippen molar-refractivity contribution in [2.24, 2.45) is 5.92 Å². The summed E-state index contributed by atoms with van der Waals surface area (Å²) in [6.45, 7) is 7.87. The van der Waals surface area contributed by atoms with Gasteiger partial charge in [-0.05, 0) is 18.8 Å². The predicted octanol–water partition coefficient (Wildman–Crippen LogP) is 3.66. The molecule has 0 N–H and O–H groups in total. The molecule has 1 aliphatic carbocycles. The van der Waals surface area contributed by atoms with E-state index < -0.39 is 0 Å². The molecule has 2 rings (SSSR count). The van der Waals surface area contributed by atoms with E-state index in [2.05, 4.69) is 51.5 Å². The first kappa shape index (κ1) is 13.1. The van der Waals surface area contributed by atoms with Crippen molar-refractivity contribution in [2.45, 2.75) is 63.7 Å². The highest BCUT2D eigenvalue weighted by Gasteiger charge is 2.36. The van der Waals surface area contributed by atoms with Gasteiger partial charge in [0, 0.05) is 12.0 Å². The van der Waals surface area contributed by atoms with E-state index in [0.717, 1.165) is 17.7 Å². The standard InChI is InChI=1S/C13H22BrN3/c1-10(2)9-17-11(8-14)15-16-12(17)13(3)6-4-5-7-13/h10H,4-9H2,1-3H3. The molecule has 0 saturated heterocycles. The van der Waals surface area contributed by atoms with Crippen molar-refractivity contribution in [3.63, 3.8) is 0 Å². The molecule has 1 heterocycles. The van der Waals surface area contributed by atoms with Crippen molar-refractivity contribution in [3.8, 4) is 0 Å². The minimum atomic E-state index is 0.252. The first-order chi connectivity index (χ1) is 8.07. The molecular formula is C13H22BrN3. The largest absolute Gasteiger partial charge is 0.314 e. The average molecular weight is 300 g/mol. The fraction of sp³-hybridized carbons (Fsp3) is 0.846. The summed E-state index contributed by atoms with van der Waals surface area (Å²) in [5, 5.41) is 9.61. The Morgan fingerprint density at radius 2 is 1.94 bits per heavy atom. The zero-order valence-electron chi connectivity index (χ0n) is 11.0. The minimum absolute atomic E-state index is 0.252. The van der Waals surface area contributed by atoms with Gasteiger partial charge in [0.2, 0.25) is 0 Å². The van der Waals surface area contributed by atoms with Crippen LogP contribution in [0.4, 0.5) is 0 Å². The van der Waals surface area contributed by atoms with E-state index in [1.807, 2.05) is 0 Å². The average Bonchev–Trinajstić information content (AvgIpc) is 2.85. The molecule has 0 amide bonds. The Bertz CT molecular complexity index is 378. The molecule has 0 spiro atoms. The summed E-state index contributed by atoms with van der Waals surface area (Å²) in [7, 11) is 0. The topological polar surface area (TPSA) is 30.7 Å². The van der Waals surface area contributed by atoms with Gasteiger partial charge < -0.3 is 4.57 Å². The predicted molar refractivity (Wildman–Crippen MR) is 73.3 cm³/mol. The van der Waals surface area contributed by atoms with Crippen LogP contribution in [0.5, 0.6) is 0 Å². The van der Waals surface area contributed by atoms with Crippen LogP contribution < -0.4 is 0 Å². The van der Waals surface area contributed by atoms with E-state index >= 15 is 0 Å². The lowest BCUT2D eigenvalue weighted by atomic mass is 9.87. The Hall–Kier alpha value is -0.380. The van der Waals surface area contributed by atoms with E-state index in [1.54, 1.807) is 0 Å². The highest BCUT2D eigenvalue weighted by molar-refractivity contribution is 9.08. The van der Waals surface area contributed by atoms with Crippen LogP contribution in [0.2, 0.25) is 0 Å². The normalized spacial score (nSPS) is 19.1. The van der Waals surface area contributed by atoms with E-state index in [-0.39, 0.29) is 5.41 Å². The molecule has 96 valence electrons. The Morgan fingerprint density at radius 1 is 1.29 bits per heavy atom. The van der Waals surface area contributed by atoms with Crippen LogP contribution in [0, 0.1) is 5.92 Å². The molecule has 1 aromatic heterocycles. The van der Waals surface area contributed by atoms with Crippen LogP contribution in [0.1, 0.15) is 58.1 Å². The summed E-state index contributed by atoms with van der Waals surface area (Å²) in [6, 6.07) is 0. The zero-order valence-corrected chi connectivity index (χ0v) is 12.6. The summed E-state index contributed by atoms with van der Waals surface area (Å²) in [5.74, 6) is 2.91. The van der Waals surface area contributed by atoms with Gasteiger partial charge in [0.25, 0.3) is 0 Å². The van der Waals surface area contributed by atoms with Crippen LogP contribution in [0.3, 0.4) is 0 Å². The second-order valence-corrected chi connectivity index (χ2v) is 6.41. The number of alkyl halides is 1. The van der Waals surface area contributed by atoms with Gasteiger partial charge >= 0.3 is 0 Å². The first-order valence-electron chi connectivity index (χ1n) is 6.55. The molecule has 0 atom stereocenters. The van der Waals surface area contributed by atoms with Crippen LogP contribution in [-0.2, 0) is 17.3 Å². The second kappa shape index (κ2) is 5.09. The molecule has 4 heteroatoms. The van der Waals surface area contributed by atoms with Crippen LogP contribution in [-0.4, -0.2) is 14.8 Å². The van der Waals surface area contributed by atoms with Crippen molar-refractivity contribution in [2.75, 3.05) is 0 Å². The van der Waals surface area contributed by atoms with Crippen LogP contribution in [0.15, 0.2) is 0 Å². The summed E-state index contributed by atoms with van der Waals surface area (Å²) in [5.41, 5.74) is 0.252. The molecule has 0 bridgehead atoms. The fourth-order valence-corrected chi connectivity index (χ4v) is 3.23. The molecule has 3 nitrogen and oxygen atoms in total. The van der Waals surface area contributed by atoms with Gasteiger partial charge in [-0.15, -0.1) is 10.2 Å². The SMILES string of the molecule is CC(C)Cn1c(CBr)nnc1C1(C)CCCC1. The molecule has 17 heavy (non-hydrogen) atoms. The lowest BCUT2D eigenvalue weighted by Crippen LogP contribution is -2.25. The van der Waals surface area contributed by atoms with Crippen LogP contribution in [0.25, 0.3) is 0 Å². The Morgan fingerprint density at radius 3 is 2.47 bits per heavy atom. The highest BCUT2D eigenvalue weighted by Crippen LogP contribution is 2.40. The molecule has 1 aliphatic rings. The maximum absolute atomic E-state index is 4.48. The van der Waals surface area contributed by atoms with Gasteiger partial charge in [0.15, 0.2) is 0 Å². The maximum Gasteiger partial charge on any atom is 0.143 e. The molecule has 1 aromatic rings. The van der Waals surface area contributed by atoms with Crippen molar-refractivity contribution >= 4 is 15.9 Å². The van der Waals surface area contributed by atoms with E-state index in [9.17, 15) is 0 Å². The Balaban J connectivity index is 2.36. The molecule has 0 aliphatic heterocycles. The first-order valence-corrected chi connectivity index (χ1v) is 7.67. The molecule has 0 unspecified atom stereocenters. The molecule has 0 radical (unpaired) electrons. The van der Waals surface area contributed by atoms with Gasteiger partial charge in [0.05, 0.1) is 5.33 Å². The lowest BCUT2D eigenvalue weighted by Gasteiger charge is -2.24. The number of nitrogens with zero attached hydrogens (tertiary/aromatic N) is 3. The molecule has 1 saturated carbocycles. The molecule has 0 aromatic carbocycles. The van der Waals surface area contributed by atoms with Crippen molar-refractivity contribution in [1.29, 1.82) is 0 Å². The molecular weight excluding hydrogens is 278 g/mol. The number of hydrogen-bond acceptors (Lipinski definition) is 2.